The first-order valence-electron chi connectivity index (χ1n) is 5.45. The van der Waals surface area contributed by atoms with Crippen LogP contribution in [0.2, 0.25) is 0 Å². The molecule has 3 rings (SSSR count). The molecule has 19 heavy (non-hydrogen) atoms. The second kappa shape index (κ2) is 4.20. The lowest BCUT2D eigenvalue weighted by Crippen LogP contribution is -2.02. The van der Waals surface area contributed by atoms with Gasteiger partial charge in [0, 0.05) is 24.1 Å². The average Bonchev–Trinajstić information content (AvgIpc) is 2.82. The molecule has 0 aliphatic carbocycles. The molecule has 5 nitrogen and oxygen atoms in total. The van der Waals surface area contributed by atoms with E-state index in [1.807, 2.05) is 0 Å². The van der Waals surface area contributed by atoms with Gasteiger partial charge in [0.1, 0.15) is 5.82 Å². The van der Waals surface area contributed by atoms with Crippen molar-refractivity contribution in [2.24, 2.45) is 0 Å². The molecule has 1 aromatic carbocycles. The van der Waals surface area contributed by atoms with Crippen LogP contribution < -0.4 is 11.1 Å². The third kappa shape index (κ3) is 2.05. The van der Waals surface area contributed by atoms with Crippen LogP contribution in [0, 0.1) is 11.6 Å². The lowest BCUT2D eigenvalue weighted by Gasteiger charge is -2.08. The minimum atomic E-state index is -0.937. The molecule has 0 spiro atoms. The maximum atomic E-state index is 13.1. The van der Waals surface area contributed by atoms with Gasteiger partial charge in [0.05, 0.1) is 6.20 Å². The number of benzene rings is 1. The Balaban J connectivity index is 2.04. The van der Waals surface area contributed by atoms with E-state index >= 15 is 0 Å². The van der Waals surface area contributed by atoms with Gasteiger partial charge in [-0.1, -0.05) is 0 Å². The zero-order chi connectivity index (χ0) is 13.4. The van der Waals surface area contributed by atoms with E-state index in [4.69, 9.17) is 5.73 Å². The second-order valence-corrected chi connectivity index (χ2v) is 3.93. The summed E-state index contributed by atoms with van der Waals surface area (Å²) in [7, 11) is 0. The number of nitrogens with two attached hydrogens (primary N) is 1. The Morgan fingerprint density at radius 3 is 2.84 bits per heavy atom. The fourth-order valence-corrected chi connectivity index (χ4v) is 1.75. The molecular weight excluding hydrogens is 252 g/mol. The highest BCUT2D eigenvalue weighted by atomic mass is 19.2. The van der Waals surface area contributed by atoms with E-state index in [0.717, 1.165) is 12.1 Å². The average molecular weight is 261 g/mol. The molecule has 0 saturated heterocycles. The maximum Gasteiger partial charge on any atom is 0.180 e. The SMILES string of the molecule is Nc1cn2ccnc2c(Nc2ccc(F)c(F)c2)n1. The van der Waals surface area contributed by atoms with E-state index in [-0.39, 0.29) is 5.82 Å². The van der Waals surface area contributed by atoms with E-state index < -0.39 is 11.6 Å². The Morgan fingerprint density at radius 1 is 1.21 bits per heavy atom. The molecule has 0 radical (unpaired) electrons. The monoisotopic (exact) mass is 261 g/mol. The minimum Gasteiger partial charge on any atom is -0.382 e. The van der Waals surface area contributed by atoms with Crippen molar-refractivity contribution in [3.63, 3.8) is 0 Å². The van der Waals surface area contributed by atoms with Crippen molar-refractivity contribution >= 4 is 23.0 Å². The van der Waals surface area contributed by atoms with Crippen molar-refractivity contribution in [1.29, 1.82) is 0 Å². The third-order valence-electron chi connectivity index (χ3n) is 2.58. The van der Waals surface area contributed by atoms with Crippen molar-refractivity contribution in [3.8, 4) is 0 Å². The van der Waals surface area contributed by atoms with E-state index in [2.05, 4.69) is 15.3 Å². The van der Waals surface area contributed by atoms with Crippen LogP contribution in [0.5, 0.6) is 0 Å². The van der Waals surface area contributed by atoms with Crippen LogP contribution in [-0.2, 0) is 0 Å². The van der Waals surface area contributed by atoms with Gasteiger partial charge >= 0.3 is 0 Å². The van der Waals surface area contributed by atoms with Gasteiger partial charge in [-0.25, -0.2) is 18.7 Å². The summed E-state index contributed by atoms with van der Waals surface area (Å²) in [6.45, 7) is 0. The Kier molecular flexibility index (Phi) is 2.52. The minimum absolute atomic E-state index is 0.288. The van der Waals surface area contributed by atoms with Gasteiger partial charge in [-0.05, 0) is 12.1 Å². The molecule has 0 fully saturated rings. The van der Waals surface area contributed by atoms with Crippen LogP contribution in [0.3, 0.4) is 0 Å². The normalized spacial score (nSPS) is 10.8. The molecule has 0 saturated carbocycles. The Labute approximate surface area is 106 Å². The third-order valence-corrected chi connectivity index (χ3v) is 2.58. The van der Waals surface area contributed by atoms with Crippen molar-refractivity contribution in [3.05, 3.63) is 48.4 Å². The molecule has 7 heteroatoms. The van der Waals surface area contributed by atoms with Crippen LogP contribution >= 0.6 is 0 Å². The number of fused-ring (bicyclic) bond motifs is 1. The zero-order valence-electron chi connectivity index (χ0n) is 9.64. The van der Waals surface area contributed by atoms with Crippen molar-refractivity contribution in [2.75, 3.05) is 11.1 Å². The summed E-state index contributed by atoms with van der Waals surface area (Å²) < 4.78 is 27.7. The highest BCUT2D eigenvalue weighted by Crippen LogP contribution is 2.21. The molecule has 3 N–H and O–H groups in total. The van der Waals surface area contributed by atoms with Crippen molar-refractivity contribution in [2.45, 2.75) is 0 Å². The topological polar surface area (TPSA) is 68.2 Å². The Bertz CT molecular complexity index is 753. The van der Waals surface area contributed by atoms with E-state index in [1.165, 1.54) is 6.07 Å². The van der Waals surface area contributed by atoms with Gasteiger partial charge in [-0.3, -0.25) is 0 Å². The van der Waals surface area contributed by atoms with Gasteiger partial charge in [0.15, 0.2) is 23.1 Å². The largest absolute Gasteiger partial charge is 0.382 e. The smallest absolute Gasteiger partial charge is 0.180 e. The quantitative estimate of drug-likeness (QED) is 0.743. The van der Waals surface area contributed by atoms with E-state index in [9.17, 15) is 8.78 Å². The summed E-state index contributed by atoms with van der Waals surface area (Å²) in [4.78, 5) is 8.20. The summed E-state index contributed by atoms with van der Waals surface area (Å²) in [5, 5.41) is 2.86. The van der Waals surface area contributed by atoms with Crippen LogP contribution in [0.4, 0.5) is 26.1 Å². The van der Waals surface area contributed by atoms with Crippen molar-refractivity contribution < 1.29 is 8.78 Å². The summed E-state index contributed by atoms with van der Waals surface area (Å²) >= 11 is 0. The fourth-order valence-electron chi connectivity index (χ4n) is 1.75. The molecule has 0 bridgehead atoms. The number of anilines is 3. The molecule has 0 unspecified atom stereocenters. The summed E-state index contributed by atoms with van der Waals surface area (Å²) in [6.07, 6.45) is 4.91. The molecule has 0 amide bonds. The number of nitrogens with zero attached hydrogens (tertiary/aromatic N) is 3. The summed E-state index contributed by atoms with van der Waals surface area (Å²) in [6, 6.07) is 3.48. The molecule has 0 atom stereocenters. The van der Waals surface area contributed by atoms with Crippen molar-refractivity contribution in [1.82, 2.24) is 14.4 Å². The van der Waals surface area contributed by atoms with Gasteiger partial charge in [0.2, 0.25) is 0 Å². The first-order chi connectivity index (χ1) is 9.13. The lowest BCUT2D eigenvalue weighted by molar-refractivity contribution is 0.509. The molecule has 2 heterocycles. The van der Waals surface area contributed by atoms with Gasteiger partial charge in [-0.15, -0.1) is 0 Å². The highest BCUT2D eigenvalue weighted by Gasteiger charge is 2.08. The highest BCUT2D eigenvalue weighted by molar-refractivity contribution is 5.71. The van der Waals surface area contributed by atoms with Gasteiger partial charge in [0.25, 0.3) is 0 Å². The van der Waals surface area contributed by atoms with Crippen LogP contribution in [0.25, 0.3) is 5.65 Å². The number of hydrogen-bond donors (Lipinski definition) is 2. The first kappa shape index (κ1) is 11.4. The number of nitrogen functional groups attached to an aromatic ring is 1. The van der Waals surface area contributed by atoms with Gasteiger partial charge < -0.3 is 15.5 Å². The maximum absolute atomic E-state index is 13.1. The molecule has 3 aromatic rings. The lowest BCUT2D eigenvalue weighted by atomic mass is 10.3. The summed E-state index contributed by atoms with van der Waals surface area (Å²) in [5.74, 6) is -1.18. The predicted molar refractivity (Wildman–Crippen MR) is 67.0 cm³/mol. The van der Waals surface area contributed by atoms with E-state index in [0.29, 0.717) is 17.2 Å². The Morgan fingerprint density at radius 2 is 2.05 bits per heavy atom. The van der Waals surface area contributed by atoms with Gasteiger partial charge in [-0.2, -0.15) is 0 Å². The molecule has 0 aliphatic rings. The number of aromatic nitrogens is 3. The molecular formula is C12H9F2N5. The standard InChI is InChI=1S/C12H9F2N5/c13-8-2-1-7(5-9(8)14)17-11-12-16-3-4-19(12)6-10(15)18-11/h1-6H,15H2,(H,17,18). The Hall–Kier alpha value is -2.70. The number of imidazole rings is 1. The van der Waals surface area contributed by atoms with E-state index in [1.54, 1.807) is 23.0 Å². The molecule has 0 aliphatic heterocycles. The molecule has 96 valence electrons. The second-order valence-electron chi connectivity index (χ2n) is 3.93. The van der Waals surface area contributed by atoms with Crippen LogP contribution in [0.1, 0.15) is 0 Å². The number of rotatable bonds is 2. The zero-order valence-corrected chi connectivity index (χ0v) is 9.64. The van der Waals surface area contributed by atoms with Crippen LogP contribution in [-0.4, -0.2) is 14.4 Å². The first-order valence-corrected chi connectivity index (χ1v) is 5.45. The number of nitrogens with one attached hydrogen (secondary N) is 1. The predicted octanol–water partition coefficient (Wildman–Crippen LogP) is 2.33. The molecule has 2 aromatic heterocycles. The number of hydrogen-bond acceptors (Lipinski definition) is 4. The van der Waals surface area contributed by atoms with Crippen LogP contribution in [0.15, 0.2) is 36.8 Å². The fraction of sp³-hybridized carbons (Fsp3) is 0. The summed E-state index contributed by atoms with van der Waals surface area (Å²) in [5.41, 5.74) is 6.56. The number of halogens is 2.